The average Bonchev–Trinajstić information content (AvgIpc) is 3.01. The summed E-state index contributed by atoms with van der Waals surface area (Å²) in [7, 11) is 0. The van der Waals surface area contributed by atoms with Gasteiger partial charge < -0.3 is 10.6 Å². The zero-order chi connectivity index (χ0) is 18.3. The number of benzene rings is 1. The largest absolute Gasteiger partial charge is 0.365 e. The van der Waals surface area contributed by atoms with E-state index in [0.717, 1.165) is 17.4 Å². The van der Waals surface area contributed by atoms with E-state index < -0.39 is 17.5 Å². The molecule has 1 aliphatic rings. The smallest absolute Gasteiger partial charge is 0.326 e. The van der Waals surface area contributed by atoms with Crippen LogP contribution in [0.5, 0.6) is 0 Å². The molecule has 3 amide bonds. The number of halogens is 2. The number of aryl methyl sites for hydroxylation is 1. The highest BCUT2D eigenvalue weighted by atomic mass is 32.1. The summed E-state index contributed by atoms with van der Waals surface area (Å²) in [6, 6.07) is 2.67. The second kappa shape index (κ2) is 6.40. The average molecular weight is 366 g/mol. The number of nitrogens with two attached hydrogens (primary N) is 1. The van der Waals surface area contributed by atoms with Crippen molar-refractivity contribution in [1.29, 1.82) is 0 Å². The Morgan fingerprint density at radius 2 is 2.00 bits per heavy atom. The highest BCUT2D eigenvalue weighted by Crippen LogP contribution is 2.31. The van der Waals surface area contributed by atoms with Crippen LogP contribution >= 0.6 is 11.3 Å². The Morgan fingerprint density at radius 1 is 1.36 bits per heavy atom. The highest BCUT2D eigenvalue weighted by molar-refractivity contribution is 7.17. The fraction of sp³-hybridized carbons (Fsp3) is 0.312. The first-order chi connectivity index (χ1) is 11.8. The van der Waals surface area contributed by atoms with Crippen molar-refractivity contribution in [3.8, 4) is 0 Å². The van der Waals surface area contributed by atoms with E-state index in [1.54, 1.807) is 6.92 Å². The Bertz CT molecular complexity index is 834. The first kappa shape index (κ1) is 17.3. The Morgan fingerprint density at radius 3 is 2.56 bits per heavy atom. The van der Waals surface area contributed by atoms with Gasteiger partial charge in [-0.05, 0) is 31.5 Å². The quantitative estimate of drug-likeness (QED) is 0.903. The molecule has 0 spiro atoms. The molecule has 0 bridgehead atoms. The van der Waals surface area contributed by atoms with Crippen molar-refractivity contribution >= 4 is 28.4 Å². The zero-order valence-electron chi connectivity index (χ0n) is 13.6. The molecule has 0 radical (unpaired) electrons. The van der Waals surface area contributed by atoms with Crippen LogP contribution in [0.1, 0.15) is 27.9 Å². The number of hydrogen-bond donors (Lipinski definition) is 1. The Labute approximate surface area is 146 Å². The number of carbonyl (C=O) groups is 2. The van der Waals surface area contributed by atoms with Crippen LogP contribution in [0, 0.1) is 18.6 Å². The molecule has 1 unspecified atom stereocenters. The predicted molar refractivity (Wildman–Crippen MR) is 89.5 cm³/mol. The molecule has 2 heterocycles. The summed E-state index contributed by atoms with van der Waals surface area (Å²) in [5.41, 5.74) is 6.13. The van der Waals surface area contributed by atoms with Crippen LogP contribution in [-0.2, 0) is 6.54 Å². The summed E-state index contributed by atoms with van der Waals surface area (Å²) in [6.45, 7) is 3.93. The molecule has 0 aliphatic carbocycles. The third-order valence-electron chi connectivity index (χ3n) is 3.97. The molecule has 25 heavy (non-hydrogen) atoms. The number of rotatable bonds is 4. The maximum atomic E-state index is 13.4. The van der Waals surface area contributed by atoms with Gasteiger partial charge in [-0.1, -0.05) is 11.3 Å². The van der Waals surface area contributed by atoms with Gasteiger partial charge in [0.05, 0.1) is 12.2 Å². The van der Waals surface area contributed by atoms with E-state index in [-0.39, 0.29) is 18.6 Å². The van der Waals surface area contributed by atoms with Crippen molar-refractivity contribution in [1.82, 2.24) is 9.88 Å². The minimum atomic E-state index is -0.687. The van der Waals surface area contributed by atoms with E-state index in [0.29, 0.717) is 27.8 Å². The molecule has 132 valence electrons. The lowest BCUT2D eigenvalue weighted by atomic mass is 10.2. The van der Waals surface area contributed by atoms with Gasteiger partial charge in [0.15, 0.2) is 5.13 Å². The second-order valence-electron chi connectivity index (χ2n) is 5.92. The number of primary amides is 1. The van der Waals surface area contributed by atoms with Crippen LogP contribution in [-0.4, -0.2) is 34.4 Å². The van der Waals surface area contributed by atoms with Crippen molar-refractivity contribution < 1.29 is 18.4 Å². The molecule has 1 aliphatic heterocycles. The molecular weight excluding hydrogens is 350 g/mol. The van der Waals surface area contributed by atoms with E-state index in [9.17, 15) is 18.4 Å². The minimum Gasteiger partial charge on any atom is -0.365 e. The molecule has 1 atom stereocenters. The molecule has 1 saturated heterocycles. The van der Waals surface area contributed by atoms with Gasteiger partial charge in [-0.2, -0.15) is 0 Å². The van der Waals surface area contributed by atoms with Gasteiger partial charge in [-0.25, -0.2) is 18.6 Å². The maximum Gasteiger partial charge on any atom is 0.326 e. The summed E-state index contributed by atoms with van der Waals surface area (Å²) in [5.74, 6) is -1.96. The third-order valence-corrected chi connectivity index (χ3v) is 5.17. The molecular formula is C16H16F2N4O2S. The molecule has 6 nitrogen and oxygen atoms in total. The molecule has 3 rings (SSSR count). The van der Waals surface area contributed by atoms with Crippen LogP contribution in [0.2, 0.25) is 0 Å². The summed E-state index contributed by atoms with van der Waals surface area (Å²) in [4.78, 5) is 31.6. The minimum absolute atomic E-state index is 0.0816. The fourth-order valence-corrected chi connectivity index (χ4v) is 3.71. The van der Waals surface area contributed by atoms with Gasteiger partial charge in [-0.3, -0.25) is 9.69 Å². The predicted octanol–water partition coefficient (Wildman–Crippen LogP) is 2.66. The lowest BCUT2D eigenvalue weighted by Crippen LogP contribution is -2.33. The van der Waals surface area contributed by atoms with Crippen LogP contribution in [0.25, 0.3) is 0 Å². The van der Waals surface area contributed by atoms with Crippen LogP contribution in [0.15, 0.2) is 18.2 Å². The highest BCUT2D eigenvalue weighted by Gasteiger charge is 2.37. The number of aromatic nitrogens is 1. The third kappa shape index (κ3) is 3.32. The lowest BCUT2D eigenvalue weighted by molar-refractivity contribution is 0.100. The number of urea groups is 1. The van der Waals surface area contributed by atoms with Gasteiger partial charge >= 0.3 is 6.03 Å². The summed E-state index contributed by atoms with van der Waals surface area (Å²) < 4.78 is 26.7. The second-order valence-corrected chi connectivity index (χ2v) is 6.90. The van der Waals surface area contributed by atoms with Gasteiger partial charge in [0.1, 0.15) is 16.5 Å². The van der Waals surface area contributed by atoms with Crippen LogP contribution in [0.4, 0.5) is 18.7 Å². The summed E-state index contributed by atoms with van der Waals surface area (Å²) >= 11 is 1.06. The topological polar surface area (TPSA) is 79.5 Å². The standard InChI is InChI=1S/C16H16F2N4O2S/c1-8-6-22(15-20-9(2)13(25-15)14(19)23)16(24)21(8)7-10-3-11(17)5-12(18)4-10/h3-5,8H,6-7H2,1-2H3,(H2,19,23). The molecule has 1 aromatic carbocycles. The van der Waals surface area contributed by atoms with Gasteiger partial charge in [0.2, 0.25) is 0 Å². The normalized spacial score (nSPS) is 17.4. The monoisotopic (exact) mass is 366 g/mol. The molecule has 1 fully saturated rings. The van der Waals surface area contributed by atoms with E-state index in [1.165, 1.54) is 21.9 Å². The van der Waals surface area contributed by atoms with E-state index >= 15 is 0 Å². The molecule has 2 aromatic rings. The summed E-state index contributed by atoms with van der Waals surface area (Å²) in [6.07, 6.45) is 0. The van der Waals surface area contributed by atoms with Crippen molar-refractivity contribution in [2.75, 3.05) is 11.4 Å². The number of hydrogen-bond acceptors (Lipinski definition) is 4. The maximum absolute atomic E-state index is 13.4. The SMILES string of the molecule is Cc1nc(N2CC(C)N(Cc3cc(F)cc(F)c3)C2=O)sc1C(N)=O. The molecule has 9 heteroatoms. The summed E-state index contributed by atoms with van der Waals surface area (Å²) in [5, 5.41) is 0.385. The van der Waals surface area contributed by atoms with Crippen LogP contribution in [0.3, 0.4) is 0 Å². The van der Waals surface area contributed by atoms with Crippen molar-refractivity contribution in [2.24, 2.45) is 5.73 Å². The number of thiazole rings is 1. The Hall–Kier alpha value is -2.55. The number of nitrogens with zero attached hydrogens (tertiary/aromatic N) is 3. The fourth-order valence-electron chi connectivity index (χ4n) is 2.79. The lowest BCUT2D eigenvalue weighted by Gasteiger charge is -2.20. The first-order valence-corrected chi connectivity index (χ1v) is 8.38. The Kier molecular flexibility index (Phi) is 4.42. The van der Waals surface area contributed by atoms with Gasteiger partial charge in [0, 0.05) is 18.7 Å². The van der Waals surface area contributed by atoms with Crippen molar-refractivity contribution in [3.63, 3.8) is 0 Å². The van der Waals surface area contributed by atoms with Crippen molar-refractivity contribution in [3.05, 3.63) is 46.0 Å². The number of amides is 3. The van der Waals surface area contributed by atoms with E-state index in [2.05, 4.69) is 4.98 Å². The van der Waals surface area contributed by atoms with Crippen molar-refractivity contribution in [2.45, 2.75) is 26.4 Å². The number of carbonyl (C=O) groups excluding carboxylic acids is 2. The molecule has 0 saturated carbocycles. The Balaban J connectivity index is 1.83. The zero-order valence-corrected chi connectivity index (χ0v) is 14.4. The van der Waals surface area contributed by atoms with Gasteiger partial charge in [-0.15, -0.1) is 0 Å². The molecule has 2 N–H and O–H groups in total. The number of anilines is 1. The van der Waals surface area contributed by atoms with Crippen LogP contribution < -0.4 is 10.6 Å². The van der Waals surface area contributed by atoms with E-state index in [4.69, 9.17) is 5.73 Å². The van der Waals surface area contributed by atoms with Gasteiger partial charge in [0.25, 0.3) is 5.91 Å². The first-order valence-electron chi connectivity index (χ1n) is 7.56. The van der Waals surface area contributed by atoms with E-state index in [1.807, 2.05) is 6.92 Å². The molecule has 1 aromatic heterocycles.